The van der Waals surface area contributed by atoms with Gasteiger partial charge in [-0.1, -0.05) is 29.8 Å². The van der Waals surface area contributed by atoms with E-state index in [-0.39, 0.29) is 5.56 Å². The van der Waals surface area contributed by atoms with Gasteiger partial charge in [-0.05, 0) is 61.0 Å². The summed E-state index contributed by atoms with van der Waals surface area (Å²) in [6.07, 6.45) is 0. The van der Waals surface area contributed by atoms with E-state index in [1.807, 2.05) is 6.92 Å². The number of hydrogen-bond acceptors (Lipinski definition) is 4. The SMILES string of the molecule is Cc1cc(OC(=O)c2cccc(N3C(=O)c4ccccc4C3=O)c2)ccc1Cl. The quantitative estimate of drug-likeness (QED) is 0.370. The van der Waals surface area contributed by atoms with Crippen molar-refractivity contribution in [2.24, 2.45) is 0 Å². The van der Waals surface area contributed by atoms with E-state index in [1.165, 1.54) is 6.07 Å². The minimum absolute atomic E-state index is 0.224. The highest BCUT2D eigenvalue weighted by Crippen LogP contribution is 2.29. The lowest BCUT2D eigenvalue weighted by atomic mass is 10.1. The third kappa shape index (κ3) is 3.06. The molecule has 0 fully saturated rings. The van der Waals surface area contributed by atoms with Crippen LogP contribution in [0.2, 0.25) is 5.02 Å². The predicted octanol–water partition coefficient (Wildman–Crippen LogP) is 4.67. The smallest absolute Gasteiger partial charge is 0.343 e. The first-order chi connectivity index (χ1) is 13.5. The summed E-state index contributed by atoms with van der Waals surface area (Å²) in [4.78, 5) is 38.8. The van der Waals surface area contributed by atoms with Crippen molar-refractivity contribution in [1.82, 2.24) is 0 Å². The van der Waals surface area contributed by atoms with Gasteiger partial charge in [-0.3, -0.25) is 9.59 Å². The van der Waals surface area contributed by atoms with E-state index in [9.17, 15) is 14.4 Å². The van der Waals surface area contributed by atoms with Gasteiger partial charge >= 0.3 is 5.97 Å². The fourth-order valence-corrected chi connectivity index (χ4v) is 3.16. The second-order valence-electron chi connectivity index (χ2n) is 6.34. The van der Waals surface area contributed by atoms with Gasteiger partial charge in [0.05, 0.1) is 22.4 Å². The van der Waals surface area contributed by atoms with Gasteiger partial charge in [0, 0.05) is 5.02 Å². The summed E-state index contributed by atoms with van der Waals surface area (Å²) >= 11 is 5.98. The molecule has 0 N–H and O–H groups in total. The molecule has 6 heteroatoms. The number of aryl methyl sites for hydroxylation is 1. The Hall–Kier alpha value is -3.44. The molecular formula is C22H14ClNO4. The average Bonchev–Trinajstić information content (AvgIpc) is 2.96. The van der Waals surface area contributed by atoms with E-state index in [0.29, 0.717) is 27.6 Å². The van der Waals surface area contributed by atoms with Gasteiger partial charge in [-0.25, -0.2) is 9.69 Å². The number of carbonyl (C=O) groups excluding carboxylic acids is 3. The van der Waals surface area contributed by atoms with Crippen LogP contribution in [-0.2, 0) is 0 Å². The molecule has 1 aliphatic rings. The van der Waals surface area contributed by atoms with Crippen LogP contribution >= 0.6 is 11.6 Å². The maximum atomic E-state index is 12.6. The Bertz CT molecular complexity index is 1100. The van der Waals surface area contributed by atoms with Crippen LogP contribution in [0.1, 0.15) is 36.6 Å². The fraction of sp³-hybridized carbons (Fsp3) is 0.0455. The Morgan fingerprint density at radius 1 is 0.893 bits per heavy atom. The van der Waals surface area contributed by atoms with Crippen LogP contribution in [0.15, 0.2) is 66.7 Å². The molecule has 0 radical (unpaired) electrons. The van der Waals surface area contributed by atoms with Gasteiger partial charge in [-0.15, -0.1) is 0 Å². The van der Waals surface area contributed by atoms with Gasteiger partial charge in [0.15, 0.2) is 0 Å². The molecule has 0 saturated carbocycles. The number of fused-ring (bicyclic) bond motifs is 1. The van der Waals surface area contributed by atoms with Crippen molar-refractivity contribution in [1.29, 1.82) is 0 Å². The van der Waals surface area contributed by atoms with E-state index in [0.717, 1.165) is 10.5 Å². The first kappa shape index (κ1) is 17.9. The van der Waals surface area contributed by atoms with Crippen LogP contribution in [0.4, 0.5) is 5.69 Å². The number of rotatable bonds is 3. The largest absolute Gasteiger partial charge is 0.423 e. The van der Waals surface area contributed by atoms with E-state index in [2.05, 4.69) is 0 Å². The van der Waals surface area contributed by atoms with Crippen LogP contribution in [0.5, 0.6) is 5.75 Å². The molecule has 5 nitrogen and oxygen atoms in total. The highest BCUT2D eigenvalue weighted by molar-refractivity contribution is 6.34. The summed E-state index contributed by atoms with van der Waals surface area (Å²) in [5.41, 5.74) is 2.01. The van der Waals surface area contributed by atoms with E-state index in [4.69, 9.17) is 16.3 Å². The first-order valence-electron chi connectivity index (χ1n) is 8.52. The highest BCUT2D eigenvalue weighted by atomic mass is 35.5. The summed E-state index contributed by atoms with van der Waals surface area (Å²) in [5, 5.41) is 0.576. The van der Waals surface area contributed by atoms with Crippen molar-refractivity contribution in [3.8, 4) is 5.75 Å². The molecule has 0 spiro atoms. The number of amides is 2. The zero-order valence-electron chi connectivity index (χ0n) is 14.8. The molecule has 0 bridgehead atoms. The maximum Gasteiger partial charge on any atom is 0.343 e. The zero-order chi connectivity index (χ0) is 19.8. The standard InChI is InChI=1S/C22H14ClNO4/c1-13-11-16(9-10-19(13)23)28-22(27)14-5-4-6-15(12-14)24-20(25)17-7-2-3-8-18(17)21(24)26/h2-12H,1H3. The molecule has 4 rings (SSSR count). The van der Waals surface area contributed by atoms with Crippen molar-refractivity contribution >= 4 is 35.1 Å². The van der Waals surface area contributed by atoms with Gasteiger partial charge in [0.25, 0.3) is 11.8 Å². The highest BCUT2D eigenvalue weighted by Gasteiger charge is 2.36. The fourth-order valence-electron chi connectivity index (χ4n) is 3.04. The van der Waals surface area contributed by atoms with Gasteiger partial charge < -0.3 is 4.74 Å². The van der Waals surface area contributed by atoms with Crippen molar-refractivity contribution < 1.29 is 19.1 Å². The molecule has 2 amide bonds. The van der Waals surface area contributed by atoms with Crippen LogP contribution < -0.4 is 9.64 Å². The molecule has 0 unspecified atom stereocenters. The summed E-state index contributed by atoms with van der Waals surface area (Å²) in [6.45, 7) is 1.81. The number of hydrogen-bond donors (Lipinski definition) is 0. The van der Waals surface area contributed by atoms with Crippen LogP contribution in [-0.4, -0.2) is 17.8 Å². The van der Waals surface area contributed by atoms with Crippen LogP contribution in [0.25, 0.3) is 0 Å². The second kappa shape index (κ2) is 6.94. The zero-order valence-corrected chi connectivity index (χ0v) is 15.6. The predicted molar refractivity (Wildman–Crippen MR) is 105 cm³/mol. The molecule has 3 aromatic rings. The lowest BCUT2D eigenvalue weighted by Crippen LogP contribution is -2.29. The number of ether oxygens (including phenoxy) is 1. The molecule has 1 aliphatic heterocycles. The molecule has 138 valence electrons. The molecule has 0 aliphatic carbocycles. The molecule has 0 atom stereocenters. The maximum absolute atomic E-state index is 12.6. The third-order valence-corrected chi connectivity index (χ3v) is 4.90. The van der Waals surface area contributed by atoms with Crippen molar-refractivity contribution in [2.45, 2.75) is 6.92 Å². The van der Waals surface area contributed by atoms with Gasteiger partial charge in [0.2, 0.25) is 0 Å². The molecule has 28 heavy (non-hydrogen) atoms. The third-order valence-electron chi connectivity index (χ3n) is 4.47. The number of esters is 1. The molecule has 3 aromatic carbocycles. The Kier molecular flexibility index (Phi) is 4.45. The van der Waals surface area contributed by atoms with Crippen LogP contribution in [0, 0.1) is 6.92 Å². The normalized spacial score (nSPS) is 12.9. The van der Waals surface area contributed by atoms with E-state index < -0.39 is 17.8 Å². The molecule has 1 heterocycles. The number of benzene rings is 3. The number of anilines is 1. The summed E-state index contributed by atoms with van der Waals surface area (Å²) in [5.74, 6) is -1.07. The number of imide groups is 1. The lowest BCUT2D eigenvalue weighted by molar-refractivity contribution is 0.0733. The number of halogens is 1. The Labute approximate surface area is 166 Å². The van der Waals surface area contributed by atoms with Crippen LogP contribution in [0.3, 0.4) is 0 Å². The monoisotopic (exact) mass is 391 g/mol. The minimum atomic E-state index is -0.597. The van der Waals surface area contributed by atoms with Gasteiger partial charge in [-0.2, -0.15) is 0 Å². The lowest BCUT2D eigenvalue weighted by Gasteiger charge is -2.15. The van der Waals surface area contributed by atoms with Crippen molar-refractivity contribution in [3.63, 3.8) is 0 Å². The van der Waals surface area contributed by atoms with E-state index >= 15 is 0 Å². The topological polar surface area (TPSA) is 63.7 Å². The van der Waals surface area contributed by atoms with Crippen molar-refractivity contribution in [3.05, 3.63) is 94.0 Å². The second-order valence-corrected chi connectivity index (χ2v) is 6.75. The Morgan fingerprint density at radius 2 is 1.57 bits per heavy atom. The summed E-state index contributed by atoms with van der Waals surface area (Å²) in [6, 6.07) is 17.8. The number of carbonyl (C=O) groups is 3. The molecule has 0 saturated heterocycles. The molecule has 0 aromatic heterocycles. The van der Waals surface area contributed by atoms with Gasteiger partial charge in [0.1, 0.15) is 5.75 Å². The minimum Gasteiger partial charge on any atom is -0.423 e. The van der Waals surface area contributed by atoms with E-state index in [1.54, 1.807) is 60.7 Å². The molecular weight excluding hydrogens is 378 g/mol. The van der Waals surface area contributed by atoms with Crippen molar-refractivity contribution in [2.75, 3.05) is 4.90 Å². The number of nitrogens with zero attached hydrogens (tertiary/aromatic N) is 1. The Morgan fingerprint density at radius 3 is 2.21 bits per heavy atom. The summed E-state index contributed by atoms with van der Waals surface area (Å²) < 4.78 is 5.38. The summed E-state index contributed by atoms with van der Waals surface area (Å²) in [7, 11) is 0. The Balaban J connectivity index is 1.62. The average molecular weight is 392 g/mol. The first-order valence-corrected chi connectivity index (χ1v) is 8.90.